The molecule has 0 saturated heterocycles. The molecule has 0 atom stereocenters. The van der Waals surface area contributed by atoms with Crippen LogP contribution in [0.2, 0.25) is 0 Å². The largest absolute Gasteiger partial charge is 0.507 e. The fourth-order valence-electron chi connectivity index (χ4n) is 4.76. The van der Waals surface area contributed by atoms with Crippen LogP contribution in [-0.2, 0) is 0 Å². The summed E-state index contributed by atoms with van der Waals surface area (Å²) in [4.78, 5) is 13.6. The molecule has 5 aromatic carbocycles. The number of hydrogen-bond donors (Lipinski definition) is 1. The number of rotatable bonds is 0. The number of benzene rings is 3. The Balaban J connectivity index is 1.87. The Kier molecular flexibility index (Phi) is 2.27. The number of phenols is 1. The Morgan fingerprint density at radius 2 is 1.54 bits per heavy atom. The SMILES string of the molecule is O=c1c2cc3[o+]ccc4ccc(c2c(O)c2cc5occc6ccc(c12)c65)c43. The lowest BCUT2D eigenvalue weighted by Gasteiger charge is -2.09. The predicted molar refractivity (Wildman–Crippen MR) is 111 cm³/mol. The molecule has 7 aromatic rings. The molecule has 0 unspecified atom stereocenters. The van der Waals surface area contributed by atoms with Gasteiger partial charge in [-0.25, -0.2) is 4.42 Å². The third-order valence-corrected chi connectivity index (χ3v) is 5.94. The van der Waals surface area contributed by atoms with Gasteiger partial charge in [-0.3, -0.25) is 4.79 Å². The first kappa shape index (κ1) is 14.2. The minimum Gasteiger partial charge on any atom is -0.507 e. The average molecular weight is 363 g/mol. The molecule has 0 radical (unpaired) electrons. The fourth-order valence-corrected chi connectivity index (χ4v) is 4.76. The Labute approximate surface area is 156 Å². The van der Waals surface area contributed by atoms with Crippen molar-refractivity contribution < 1.29 is 13.9 Å². The van der Waals surface area contributed by atoms with Crippen molar-refractivity contribution >= 4 is 65.0 Å². The van der Waals surface area contributed by atoms with Gasteiger partial charge in [-0.2, -0.15) is 0 Å². The monoisotopic (exact) mass is 363 g/mol. The van der Waals surface area contributed by atoms with Gasteiger partial charge in [0.25, 0.3) is 0 Å². The van der Waals surface area contributed by atoms with Crippen LogP contribution in [0.4, 0.5) is 0 Å². The molecule has 0 aliphatic rings. The minimum absolute atomic E-state index is 0.0990. The Morgan fingerprint density at radius 1 is 0.750 bits per heavy atom. The van der Waals surface area contributed by atoms with Gasteiger partial charge in [-0.15, -0.1) is 0 Å². The third kappa shape index (κ3) is 1.46. The molecule has 0 fully saturated rings. The third-order valence-electron chi connectivity index (χ3n) is 5.94. The van der Waals surface area contributed by atoms with Crippen molar-refractivity contribution in [1.82, 2.24) is 0 Å². The molecular formula is C24H11O4+. The van der Waals surface area contributed by atoms with Gasteiger partial charge < -0.3 is 9.52 Å². The molecule has 1 N–H and O–H groups in total. The summed E-state index contributed by atoms with van der Waals surface area (Å²) in [5.41, 5.74) is 1.19. The number of phenolic OH excluding ortho intramolecular Hbond substituents is 1. The van der Waals surface area contributed by atoms with Gasteiger partial charge in [0.15, 0.2) is 5.43 Å². The molecule has 0 saturated carbocycles. The lowest BCUT2D eigenvalue weighted by Crippen LogP contribution is -2.03. The van der Waals surface area contributed by atoms with Gasteiger partial charge in [0.05, 0.1) is 17.7 Å². The molecule has 130 valence electrons. The second-order valence-corrected chi connectivity index (χ2v) is 7.27. The van der Waals surface area contributed by atoms with Crippen LogP contribution in [0.5, 0.6) is 5.75 Å². The van der Waals surface area contributed by atoms with Crippen molar-refractivity contribution in [3.05, 3.63) is 71.3 Å². The Hall–Kier alpha value is -3.92. The molecule has 0 aliphatic heterocycles. The molecule has 0 bridgehead atoms. The van der Waals surface area contributed by atoms with Crippen molar-refractivity contribution in [2.75, 3.05) is 0 Å². The highest BCUT2D eigenvalue weighted by molar-refractivity contribution is 6.29. The zero-order chi connectivity index (χ0) is 18.6. The van der Waals surface area contributed by atoms with Crippen molar-refractivity contribution in [2.24, 2.45) is 0 Å². The number of hydrogen-bond acceptors (Lipinski definition) is 3. The molecular weight excluding hydrogens is 352 g/mol. The highest BCUT2D eigenvalue weighted by Gasteiger charge is 2.23. The van der Waals surface area contributed by atoms with E-state index in [9.17, 15) is 9.90 Å². The summed E-state index contributed by atoms with van der Waals surface area (Å²) in [6.45, 7) is 0. The first-order valence-electron chi connectivity index (χ1n) is 9.03. The molecule has 0 spiro atoms. The molecule has 7 rings (SSSR count). The summed E-state index contributed by atoms with van der Waals surface area (Å²) < 4.78 is 11.4. The van der Waals surface area contributed by atoms with Gasteiger partial charge in [0.1, 0.15) is 11.3 Å². The van der Waals surface area contributed by atoms with E-state index in [2.05, 4.69) is 0 Å². The van der Waals surface area contributed by atoms with Gasteiger partial charge in [0, 0.05) is 43.8 Å². The maximum absolute atomic E-state index is 13.6. The summed E-state index contributed by atoms with van der Waals surface area (Å²) >= 11 is 0. The van der Waals surface area contributed by atoms with Gasteiger partial charge in [-0.05, 0) is 22.9 Å². The van der Waals surface area contributed by atoms with Crippen LogP contribution in [0.15, 0.2) is 74.7 Å². The quantitative estimate of drug-likeness (QED) is 0.265. The zero-order valence-electron chi connectivity index (χ0n) is 14.4. The normalized spacial score (nSPS) is 12.6. The maximum atomic E-state index is 13.6. The van der Waals surface area contributed by atoms with Crippen molar-refractivity contribution in [3.63, 3.8) is 0 Å². The summed E-state index contributed by atoms with van der Waals surface area (Å²) in [6, 6.07) is 15.1. The standard InChI is InChI=1S/C24H10O4/c25-23-16-10-18-20-12(6-8-28-18)2-4-14(20)22(16)24(26)15-9-17-19-11(5-7-27-17)1-3-13(19)21(15)23/h1-10H/p+1. The van der Waals surface area contributed by atoms with Crippen molar-refractivity contribution in [2.45, 2.75) is 0 Å². The number of aromatic hydroxyl groups is 1. The molecule has 4 nitrogen and oxygen atoms in total. The van der Waals surface area contributed by atoms with Crippen LogP contribution in [0.25, 0.3) is 65.0 Å². The summed E-state index contributed by atoms with van der Waals surface area (Å²) in [5, 5.41) is 18.8. The van der Waals surface area contributed by atoms with E-state index in [-0.39, 0.29) is 11.2 Å². The lowest BCUT2D eigenvalue weighted by molar-refractivity contribution is 0.488. The topological polar surface area (TPSA) is 61.7 Å². The molecule has 0 aliphatic carbocycles. The predicted octanol–water partition coefficient (Wildman–Crippen LogP) is 6.01. The second-order valence-electron chi connectivity index (χ2n) is 7.27. The average Bonchev–Trinajstić information content (AvgIpc) is 3.33. The van der Waals surface area contributed by atoms with Crippen molar-refractivity contribution in [3.8, 4) is 5.75 Å². The van der Waals surface area contributed by atoms with E-state index in [0.717, 1.165) is 32.3 Å². The summed E-state index contributed by atoms with van der Waals surface area (Å²) in [7, 11) is 0. The number of fused-ring (bicyclic) bond motifs is 4. The van der Waals surface area contributed by atoms with Crippen LogP contribution in [0.3, 0.4) is 0 Å². The molecule has 0 amide bonds. The molecule has 4 heteroatoms. The van der Waals surface area contributed by atoms with Crippen LogP contribution in [0.1, 0.15) is 0 Å². The molecule has 2 heterocycles. The van der Waals surface area contributed by atoms with Crippen LogP contribution in [0, 0.1) is 0 Å². The van der Waals surface area contributed by atoms with E-state index >= 15 is 0 Å². The first-order valence-corrected chi connectivity index (χ1v) is 9.03. The van der Waals surface area contributed by atoms with Gasteiger partial charge >= 0.3 is 11.8 Å². The Bertz CT molecular complexity index is 1790. The highest BCUT2D eigenvalue weighted by Crippen LogP contribution is 2.43. The van der Waals surface area contributed by atoms with E-state index in [1.807, 2.05) is 36.4 Å². The van der Waals surface area contributed by atoms with E-state index in [1.165, 1.54) is 0 Å². The summed E-state index contributed by atoms with van der Waals surface area (Å²) in [5.74, 6) is 0.0990. The van der Waals surface area contributed by atoms with Crippen LogP contribution < -0.4 is 5.43 Å². The van der Waals surface area contributed by atoms with Crippen LogP contribution >= 0.6 is 0 Å². The smallest absolute Gasteiger partial charge is 0.361 e. The van der Waals surface area contributed by atoms with Gasteiger partial charge in [0.2, 0.25) is 0 Å². The molecule has 28 heavy (non-hydrogen) atoms. The van der Waals surface area contributed by atoms with Gasteiger partial charge in [-0.1, -0.05) is 24.3 Å². The van der Waals surface area contributed by atoms with E-state index in [1.54, 1.807) is 24.7 Å². The lowest BCUT2D eigenvalue weighted by atomic mass is 9.95. The first-order chi connectivity index (χ1) is 13.7. The fraction of sp³-hybridized carbons (Fsp3) is 0. The minimum atomic E-state index is -0.111. The highest BCUT2D eigenvalue weighted by atomic mass is 16.3. The second kappa shape index (κ2) is 4.49. The zero-order valence-corrected chi connectivity index (χ0v) is 14.4. The summed E-state index contributed by atoms with van der Waals surface area (Å²) in [6.07, 6.45) is 3.25. The van der Waals surface area contributed by atoms with E-state index in [4.69, 9.17) is 8.83 Å². The maximum Gasteiger partial charge on any atom is 0.361 e. The van der Waals surface area contributed by atoms with Crippen molar-refractivity contribution in [1.29, 1.82) is 0 Å². The van der Waals surface area contributed by atoms with E-state index in [0.29, 0.717) is 32.7 Å². The van der Waals surface area contributed by atoms with E-state index < -0.39 is 0 Å². The Morgan fingerprint density at radius 3 is 2.39 bits per heavy atom. The molecule has 2 aromatic heterocycles. The van der Waals surface area contributed by atoms with Crippen LogP contribution in [-0.4, -0.2) is 5.11 Å².